The normalized spacial score (nSPS) is 11.2. The van der Waals surface area contributed by atoms with Crippen LogP contribution in [0.4, 0.5) is 5.69 Å². The maximum atomic E-state index is 10.8. The third kappa shape index (κ3) is 3.51. The van der Waals surface area contributed by atoms with Gasteiger partial charge in [-0.2, -0.15) is 0 Å². The second-order valence-electron chi connectivity index (χ2n) is 4.51. The molecule has 0 spiro atoms. The molecule has 0 radical (unpaired) electrons. The molecular weight excluding hydrogens is 208 g/mol. The monoisotopic (exact) mass is 224 g/mol. The van der Waals surface area contributed by atoms with Crippen molar-refractivity contribution in [2.45, 2.75) is 26.3 Å². The molecule has 0 aromatic heterocycles. The highest BCUT2D eigenvalue weighted by Crippen LogP contribution is 2.28. The zero-order valence-electron chi connectivity index (χ0n) is 9.69. The predicted molar refractivity (Wildman–Crippen MR) is 61.6 cm³/mol. The molecule has 16 heavy (non-hydrogen) atoms. The number of nitrogens with two attached hydrogens (primary N) is 1. The van der Waals surface area contributed by atoms with Crippen molar-refractivity contribution < 1.29 is 9.66 Å². The van der Waals surface area contributed by atoms with Gasteiger partial charge in [0.05, 0.1) is 4.92 Å². The molecule has 0 aliphatic heterocycles. The maximum Gasteiger partial charge on any atom is 0.310 e. The van der Waals surface area contributed by atoms with Crippen LogP contribution in [0.15, 0.2) is 18.2 Å². The first kappa shape index (κ1) is 12.4. The van der Waals surface area contributed by atoms with Crippen LogP contribution >= 0.6 is 0 Å². The molecule has 5 heteroatoms. The average Bonchev–Trinajstić information content (AvgIpc) is 2.13. The van der Waals surface area contributed by atoms with Crippen LogP contribution in [-0.2, 0) is 0 Å². The lowest BCUT2D eigenvalue weighted by atomic mass is 10.1. The summed E-state index contributed by atoms with van der Waals surface area (Å²) in [5, 5.41) is 10.8. The van der Waals surface area contributed by atoms with Gasteiger partial charge in [0.15, 0.2) is 5.75 Å². The minimum atomic E-state index is -0.516. The fourth-order valence-corrected chi connectivity index (χ4v) is 1.15. The summed E-state index contributed by atoms with van der Waals surface area (Å²) < 4.78 is 5.38. The Morgan fingerprint density at radius 2 is 2.12 bits per heavy atom. The van der Waals surface area contributed by atoms with Gasteiger partial charge in [-0.05, 0) is 32.4 Å². The molecule has 0 bridgehead atoms. The van der Waals surface area contributed by atoms with Gasteiger partial charge in [0.1, 0.15) is 6.61 Å². The number of nitro groups is 1. The molecule has 0 fully saturated rings. The van der Waals surface area contributed by atoms with E-state index in [0.29, 0.717) is 0 Å². The lowest BCUT2D eigenvalue weighted by Crippen LogP contribution is -2.38. The number of benzene rings is 1. The predicted octanol–water partition coefficient (Wildman–Crippen LogP) is 2.02. The van der Waals surface area contributed by atoms with E-state index in [1.165, 1.54) is 6.07 Å². The highest BCUT2D eigenvalue weighted by Gasteiger charge is 2.18. The third-order valence-electron chi connectivity index (χ3n) is 1.91. The smallest absolute Gasteiger partial charge is 0.310 e. The number of aryl methyl sites for hydroxylation is 1. The maximum absolute atomic E-state index is 10.8. The first-order chi connectivity index (χ1) is 7.29. The summed E-state index contributed by atoms with van der Waals surface area (Å²) in [4.78, 5) is 10.3. The number of nitro benzene ring substituents is 1. The molecule has 0 aliphatic rings. The Balaban J connectivity index is 2.93. The first-order valence-corrected chi connectivity index (χ1v) is 4.96. The SMILES string of the molecule is Cc1ccc([N+](=O)[O-])c(OCC(C)(C)N)c1. The fourth-order valence-electron chi connectivity index (χ4n) is 1.15. The van der Waals surface area contributed by atoms with E-state index in [4.69, 9.17) is 10.5 Å². The number of ether oxygens (including phenoxy) is 1. The van der Waals surface area contributed by atoms with Crippen molar-refractivity contribution in [3.05, 3.63) is 33.9 Å². The molecule has 1 rings (SSSR count). The molecule has 0 unspecified atom stereocenters. The second kappa shape index (κ2) is 4.49. The zero-order chi connectivity index (χ0) is 12.3. The topological polar surface area (TPSA) is 78.4 Å². The van der Waals surface area contributed by atoms with Crippen molar-refractivity contribution in [1.82, 2.24) is 0 Å². The van der Waals surface area contributed by atoms with Gasteiger partial charge in [-0.1, -0.05) is 6.07 Å². The number of hydrogen-bond donors (Lipinski definition) is 1. The van der Waals surface area contributed by atoms with Gasteiger partial charge >= 0.3 is 5.69 Å². The Morgan fingerprint density at radius 1 is 1.50 bits per heavy atom. The van der Waals surface area contributed by atoms with Gasteiger partial charge in [-0.25, -0.2) is 0 Å². The van der Waals surface area contributed by atoms with Crippen LogP contribution in [-0.4, -0.2) is 17.1 Å². The summed E-state index contributed by atoms with van der Waals surface area (Å²) in [7, 11) is 0. The Kier molecular flexibility index (Phi) is 3.49. The van der Waals surface area contributed by atoms with Crippen molar-refractivity contribution in [2.75, 3.05) is 6.61 Å². The van der Waals surface area contributed by atoms with Gasteiger partial charge in [0.2, 0.25) is 0 Å². The van der Waals surface area contributed by atoms with Crippen LogP contribution in [0.25, 0.3) is 0 Å². The largest absolute Gasteiger partial charge is 0.485 e. The molecule has 88 valence electrons. The number of rotatable bonds is 4. The third-order valence-corrected chi connectivity index (χ3v) is 1.91. The van der Waals surface area contributed by atoms with Crippen LogP contribution in [0, 0.1) is 17.0 Å². The summed E-state index contributed by atoms with van der Waals surface area (Å²) in [6, 6.07) is 4.76. The van der Waals surface area contributed by atoms with E-state index in [0.717, 1.165) is 5.56 Å². The molecule has 2 N–H and O–H groups in total. The standard InChI is InChI=1S/C11H16N2O3/c1-8-4-5-9(13(14)15)10(6-8)16-7-11(2,3)12/h4-6H,7,12H2,1-3H3. The summed E-state index contributed by atoms with van der Waals surface area (Å²) in [6.07, 6.45) is 0. The summed E-state index contributed by atoms with van der Waals surface area (Å²) in [5.41, 5.74) is 6.12. The van der Waals surface area contributed by atoms with Gasteiger partial charge in [-0.15, -0.1) is 0 Å². The molecule has 5 nitrogen and oxygen atoms in total. The van der Waals surface area contributed by atoms with E-state index in [1.807, 2.05) is 6.92 Å². The zero-order valence-corrected chi connectivity index (χ0v) is 9.69. The molecule has 0 saturated heterocycles. The summed E-state index contributed by atoms with van der Waals surface area (Å²) >= 11 is 0. The molecule has 0 atom stereocenters. The van der Waals surface area contributed by atoms with Crippen LogP contribution in [0.5, 0.6) is 5.75 Å². The van der Waals surface area contributed by atoms with E-state index in [1.54, 1.807) is 26.0 Å². The van der Waals surface area contributed by atoms with Crippen LogP contribution in [0.3, 0.4) is 0 Å². The van der Waals surface area contributed by atoms with Gasteiger partial charge in [0, 0.05) is 11.6 Å². The molecule has 1 aromatic carbocycles. The van der Waals surface area contributed by atoms with Crippen molar-refractivity contribution in [2.24, 2.45) is 5.73 Å². The van der Waals surface area contributed by atoms with E-state index in [9.17, 15) is 10.1 Å². The Labute approximate surface area is 94.4 Å². The molecule has 0 aliphatic carbocycles. The summed E-state index contributed by atoms with van der Waals surface area (Å²) in [6.45, 7) is 5.69. The molecule has 0 saturated carbocycles. The van der Waals surface area contributed by atoms with Crippen LogP contribution < -0.4 is 10.5 Å². The Bertz CT molecular complexity index is 397. The quantitative estimate of drug-likeness (QED) is 0.626. The fraction of sp³-hybridized carbons (Fsp3) is 0.455. The van der Waals surface area contributed by atoms with E-state index < -0.39 is 10.5 Å². The lowest BCUT2D eigenvalue weighted by molar-refractivity contribution is -0.385. The molecule has 0 amide bonds. The van der Waals surface area contributed by atoms with Gasteiger partial charge in [-0.3, -0.25) is 10.1 Å². The highest BCUT2D eigenvalue weighted by molar-refractivity contribution is 5.48. The second-order valence-corrected chi connectivity index (χ2v) is 4.51. The molecular formula is C11H16N2O3. The average molecular weight is 224 g/mol. The molecule has 1 aromatic rings. The van der Waals surface area contributed by atoms with Crippen molar-refractivity contribution in [3.8, 4) is 5.75 Å². The number of hydrogen-bond acceptors (Lipinski definition) is 4. The van der Waals surface area contributed by atoms with Crippen molar-refractivity contribution >= 4 is 5.69 Å². The van der Waals surface area contributed by atoms with Crippen molar-refractivity contribution in [3.63, 3.8) is 0 Å². The minimum absolute atomic E-state index is 0.0325. The Hall–Kier alpha value is -1.62. The molecule has 0 heterocycles. The highest BCUT2D eigenvalue weighted by atomic mass is 16.6. The van der Waals surface area contributed by atoms with Gasteiger partial charge < -0.3 is 10.5 Å². The summed E-state index contributed by atoms with van der Waals surface area (Å²) in [5.74, 6) is 0.267. The Morgan fingerprint density at radius 3 is 2.62 bits per heavy atom. The van der Waals surface area contributed by atoms with Crippen LogP contribution in [0.1, 0.15) is 19.4 Å². The van der Waals surface area contributed by atoms with E-state index >= 15 is 0 Å². The van der Waals surface area contributed by atoms with E-state index in [2.05, 4.69) is 0 Å². The lowest BCUT2D eigenvalue weighted by Gasteiger charge is -2.18. The minimum Gasteiger partial charge on any atom is -0.485 e. The van der Waals surface area contributed by atoms with Gasteiger partial charge in [0.25, 0.3) is 0 Å². The number of nitrogens with zero attached hydrogens (tertiary/aromatic N) is 1. The van der Waals surface area contributed by atoms with Crippen LogP contribution in [0.2, 0.25) is 0 Å². The van der Waals surface area contributed by atoms with E-state index in [-0.39, 0.29) is 18.0 Å². The van der Waals surface area contributed by atoms with Crippen molar-refractivity contribution in [1.29, 1.82) is 0 Å². The first-order valence-electron chi connectivity index (χ1n) is 4.96.